The third kappa shape index (κ3) is 4.83. The lowest BCUT2D eigenvalue weighted by atomic mass is 10.1. The second-order valence-electron chi connectivity index (χ2n) is 5.14. The maximum absolute atomic E-state index is 5.74. The molecule has 4 nitrogen and oxygen atoms in total. The third-order valence-corrected chi connectivity index (χ3v) is 3.43. The van der Waals surface area contributed by atoms with Crippen LogP contribution in [0.5, 0.6) is 11.5 Å². The van der Waals surface area contributed by atoms with Gasteiger partial charge in [-0.15, -0.1) is 6.58 Å². The molecule has 23 heavy (non-hydrogen) atoms. The van der Waals surface area contributed by atoms with Crippen LogP contribution >= 0.6 is 0 Å². The van der Waals surface area contributed by atoms with Crippen LogP contribution in [0, 0.1) is 0 Å². The Balaban J connectivity index is 2.11. The number of allylic oxidation sites excluding steroid dienone is 1. The van der Waals surface area contributed by atoms with E-state index in [9.17, 15) is 0 Å². The second kappa shape index (κ2) is 8.96. The molecule has 1 heterocycles. The smallest absolute Gasteiger partial charge is 0.164 e. The van der Waals surface area contributed by atoms with Crippen LogP contribution in [0.15, 0.2) is 49.2 Å². The van der Waals surface area contributed by atoms with Crippen molar-refractivity contribution in [3.63, 3.8) is 0 Å². The molecule has 1 aromatic carbocycles. The van der Waals surface area contributed by atoms with Crippen LogP contribution in [0.2, 0.25) is 0 Å². The van der Waals surface area contributed by atoms with E-state index < -0.39 is 0 Å². The van der Waals surface area contributed by atoms with Crippen LogP contribution in [-0.4, -0.2) is 18.7 Å². The Kier molecular flexibility index (Phi) is 6.63. The van der Waals surface area contributed by atoms with Crippen molar-refractivity contribution < 1.29 is 9.47 Å². The summed E-state index contributed by atoms with van der Waals surface area (Å²) in [7, 11) is 1.67. The zero-order valence-corrected chi connectivity index (χ0v) is 13.8. The predicted octanol–water partition coefficient (Wildman–Crippen LogP) is 3.51. The van der Waals surface area contributed by atoms with Gasteiger partial charge in [-0.3, -0.25) is 4.98 Å². The van der Waals surface area contributed by atoms with Crippen molar-refractivity contribution in [1.29, 1.82) is 0 Å². The van der Waals surface area contributed by atoms with Crippen LogP contribution in [0.4, 0.5) is 0 Å². The molecule has 1 aromatic heterocycles. The third-order valence-electron chi connectivity index (χ3n) is 3.43. The molecule has 0 fully saturated rings. The van der Waals surface area contributed by atoms with Gasteiger partial charge in [0.2, 0.25) is 0 Å². The first-order valence-corrected chi connectivity index (χ1v) is 7.82. The van der Waals surface area contributed by atoms with Gasteiger partial charge in [0.25, 0.3) is 0 Å². The summed E-state index contributed by atoms with van der Waals surface area (Å²) in [6.45, 7) is 7.87. The van der Waals surface area contributed by atoms with Gasteiger partial charge in [0.1, 0.15) is 0 Å². The van der Waals surface area contributed by atoms with Crippen molar-refractivity contribution in [2.45, 2.75) is 26.4 Å². The minimum atomic E-state index is 0.609. The fourth-order valence-electron chi connectivity index (χ4n) is 2.43. The Labute approximate surface area is 138 Å². The second-order valence-corrected chi connectivity index (χ2v) is 5.14. The van der Waals surface area contributed by atoms with Crippen LogP contribution in [0.25, 0.3) is 0 Å². The van der Waals surface area contributed by atoms with Crippen molar-refractivity contribution in [3.05, 3.63) is 66.0 Å². The average Bonchev–Trinajstić information content (AvgIpc) is 2.58. The predicted molar refractivity (Wildman–Crippen MR) is 92.8 cm³/mol. The first-order valence-electron chi connectivity index (χ1n) is 7.82. The van der Waals surface area contributed by atoms with Crippen LogP contribution in [-0.2, 0) is 19.5 Å². The monoisotopic (exact) mass is 312 g/mol. The average molecular weight is 312 g/mol. The largest absolute Gasteiger partial charge is 0.493 e. The molecule has 0 saturated carbocycles. The van der Waals surface area contributed by atoms with Gasteiger partial charge in [-0.1, -0.05) is 18.2 Å². The van der Waals surface area contributed by atoms with Crippen molar-refractivity contribution in [2.24, 2.45) is 0 Å². The Bertz CT molecular complexity index is 627. The first-order chi connectivity index (χ1) is 11.3. The highest BCUT2D eigenvalue weighted by atomic mass is 16.5. The maximum Gasteiger partial charge on any atom is 0.164 e. The minimum absolute atomic E-state index is 0.609. The van der Waals surface area contributed by atoms with Gasteiger partial charge in [0, 0.05) is 24.8 Å². The number of hydrogen-bond donors (Lipinski definition) is 1. The van der Waals surface area contributed by atoms with Gasteiger partial charge in [-0.05, 0) is 37.1 Å². The van der Waals surface area contributed by atoms with E-state index in [-0.39, 0.29) is 0 Å². The SMILES string of the molecule is C=CCc1cc(CNCc2ccccn2)cc(OC)c1OCC. The van der Waals surface area contributed by atoms with Gasteiger partial charge < -0.3 is 14.8 Å². The molecule has 0 radical (unpaired) electrons. The Morgan fingerprint density at radius 1 is 1.26 bits per heavy atom. The van der Waals surface area contributed by atoms with E-state index in [1.54, 1.807) is 13.3 Å². The van der Waals surface area contributed by atoms with Crippen LogP contribution < -0.4 is 14.8 Å². The van der Waals surface area contributed by atoms with Crippen molar-refractivity contribution in [1.82, 2.24) is 10.3 Å². The number of nitrogens with zero attached hydrogens (tertiary/aromatic N) is 1. The molecule has 0 aliphatic carbocycles. The van der Waals surface area contributed by atoms with Gasteiger partial charge in [-0.25, -0.2) is 0 Å². The molecular formula is C19H24N2O2. The van der Waals surface area contributed by atoms with Gasteiger partial charge in [0.15, 0.2) is 11.5 Å². The quantitative estimate of drug-likeness (QED) is 0.720. The van der Waals surface area contributed by atoms with Crippen LogP contribution in [0.3, 0.4) is 0 Å². The lowest BCUT2D eigenvalue weighted by Gasteiger charge is -2.16. The first kappa shape index (κ1) is 17.0. The molecule has 0 saturated heterocycles. The highest BCUT2D eigenvalue weighted by Gasteiger charge is 2.12. The number of methoxy groups -OCH3 is 1. The van der Waals surface area contributed by atoms with Crippen molar-refractivity contribution in [2.75, 3.05) is 13.7 Å². The Hall–Kier alpha value is -2.33. The van der Waals surface area contributed by atoms with Crippen molar-refractivity contribution in [3.8, 4) is 11.5 Å². The van der Waals surface area contributed by atoms with Gasteiger partial charge in [-0.2, -0.15) is 0 Å². The zero-order chi connectivity index (χ0) is 16.5. The Morgan fingerprint density at radius 2 is 2.13 bits per heavy atom. The van der Waals surface area contributed by atoms with Gasteiger partial charge in [0.05, 0.1) is 19.4 Å². The molecule has 2 aromatic rings. The number of aromatic nitrogens is 1. The topological polar surface area (TPSA) is 43.4 Å². The summed E-state index contributed by atoms with van der Waals surface area (Å²) in [6.07, 6.45) is 4.43. The van der Waals surface area contributed by atoms with E-state index in [1.165, 1.54) is 0 Å². The molecule has 122 valence electrons. The Morgan fingerprint density at radius 3 is 2.78 bits per heavy atom. The number of hydrogen-bond acceptors (Lipinski definition) is 4. The summed E-state index contributed by atoms with van der Waals surface area (Å²) in [4.78, 5) is 4.31. The standard InChI is InChI=1S/C19H24N2O2/c1-4-8-16-11-15(12-18(22-3)19(16)23-5-2)13-20-14-17-9-6-7-10-21-17/h4,6-7,9-12,20H,1,5,8,13-14H2,2-3H3. The van der Waals surface area contributed by atoms with E-state index in [0.717, 1.165) is 47.8 Å². The van der Waals surface area contributed by atoms with E-state index in [1.807, 2.05) is 37.3 Å². The summed E-state index contributed by atoms with van der Waals surface area (Å²) in [5.41, 5.74) is 3.27. The summed E-state index contributed by atoms with van der Waals surface area (Å²) in [6, 6.07) is 10.1. The van der Waals surface area contributed by atoms with E-state index in [2.05, 4.69) is 22.9 Å². The van der Waals surface area contributed by atoms with E-state index in [0.29, 0.717) is 6.61 Å². The fourth-order valence-corrected chi connectivity index (χ4v) is 2.43. The molecule has 0 bridgehead atoms. The number of rotatable bonds is 9. The number of nitrogens with one attached hydrogen (secondary N) is 1. The molecular weight excluding hydrogens is 288 g/mol. The van der Waals surface area contributed by atoms with Gasteiger partial charge >= 0.3 is 0 Å². The zero-order valence-electron chi connectivity index (χ0n) is 13.8. The molecule has 2 rings (SSSR count). The molecule has 4 heteroatoms. The maximum atomic E-state index is 5.74. The summed E-state index contributed by atoms with van der Waals surface area (Å²) >= 11 is 0. The summed E-state index contributed by atoms with van der Waals surface area (Å²) < 4.78 is 11.2. The lowest BCUT2D eigenvalue weighted by Crippen LogP contribution is -2.14. The molecule has 0 aliphatic rings. The number of pyridine rings is 1. The molecule has 0 unspecified atom stereocenters. The molecule has 0 aliphatic heterocycles. The van der Waals surface area contributed by atoms with E-state index in [4.69, 9.17) is 9.47 Å². The molecule has 0 atom stereocenters. The summed E-state index contributed by atoms with van der Waals surface area (Å²) in [5.74, 6) is 1.57. The summed E-state index contributed by atoms with van der Waals surface area (Å²) in [5, 5.41) is 3.41. The molecule has 0 amide bonds. The van der Waals surface area contributed by atoms with Crippen molar-refractivity contribution >= 4 is 0 Å². The number of ether oxygens (including phenoxy) is 2. The number of benzene rings is 1. The van der Waals surface area contributed by atoms with E-state index >= 15 is 0 Å². The highest BCUT2D eigenvalue weighted by molar-refractivity contribution is 5.50. The lowest BCUT2D eigenvalue weighted by molar-refractivity contribution is 0.308. The molecule has 1 N–H and O–H groups in total. The molecule has 0 spiro atoms. The highest BCUT2D eigenvalue weighted by Crippen LogP contribution is 2.33. The minimum Gasteiger partial charge on any atom is -0.493 e. The van der Waals surface area contributed by atoms with Crippen LogP contribution in [0.1, 0.15) is 23.7 Å². The normalized spacial score (nSPS) is 10.3. The fraction of sp³-hybridized carbons (Fsp3) is 0.316.